The van der Waals surface area contributed by atoms with E-state index in [1.807, 2.05) is 54.6 Å². The summed E-state index contributed by atoms with van der Waals surface area (Å²) in [6.07, 6.45) is 2.27. The summed E-state index contributed by atoms with van der Waals surface area (Å²) in [5.41, 5.74) is 11.9. The fraction of sp³-hybridized carbons (Fsp3) is 0.188. The van der Waals surface area contributed by atoms with E-state index in [9.17, 15) is 4.79 Å². The molecule has 0 aliphatic rings. The number of nitrogens with one attached hydrogen (secondary N) is 2. The summed E-state index contributed by atoms with van der Waals surface area (Å²) in [5, 5.41) is 7.32. The van der Waals surface area contributed by atoms with Crippen LogP contribution in [0.25, 0.3) is 11.0 Å². The van der Waals surface area contributed by atoms with Crippen LogP contribution in [-0.4, -0.2) is 27.4 Å². The van der Waals surface area contributed by atoms with Gasteiger partial charge in [0.15, 0.2) is 5.65 Å². The molecule has 0 radical (unpaired) electrons. The molecule has 0 fully saturated rings. The van der Waals surface area contributed by atoms with Crippen LogP contribution in [0.5, 0.6) is 0 Å². The van der Waals surface area contributed by atoms with Crippen LogP contribution in [-0.2, 0) is 6.42 Å². The van der Waals surface area contributed by atoms with Crippen LogP contribution >= 0.6 is 11.8 Å². The first kappa shape index (κ1) is 27.1. The molecule has 2 aromatic heterocycles. The van der Waals surface area contributed by atoms with Gasteiger partial charge in [-0.25, -0.2) is 15.0 Å². The number of nitrogens with zero attached hydrogens (tertiary/aromatic N) is 3. The van der Waals surface area contributed by atoms with Crippen LogP contribution in [0.1, 0.15) is 46.9 Å². The smallest absolute Gasteiger partial charge is 0.251 e. The van der Waals surface area contributed by atoms with Crippen LogP contribution < -0.4 is 16.4 Å². The van der Waals surface area contributed by atoms with Crippen molar-refractivity contribution in [1.82, 2.24) is 20.3 Å². The van der Waals surface area contributed by atoms with Crippen LogP contribution in [0.4, 0.5) is 17.2 Å². The van der Waals surface area contributed by atoms with Crippen molar-refractivity contribution in [2.45, 2.75) is 42.9 Å². The largest absolute Gasteiger partial charge is 0.399 e. The minimum atomic E-state index is -0.130. The molecule has 7 nitrogen and oxygen atoms in total. The van der Waals surface area contributed by atoms with Crippen LogP contribution in [0.3, 0.4) is 0 Å². The molecule has 40 heavy (non-hydrogen) atoms. The lowest BCUT2D eigenvalue weighted by Gasteiger charge is -2.15. The number of amides is 1. The number of aromatic nitrogens is 3. The van der Waals surface area contributed by atoms with Gasteiger partial charge in [0.25, 0.3) is 5.91 Å². The molecular weight excluding hydrogens is 516 g/mol. The average Bonchev–Trinajstić information content (AvgIpc) is 2.96. The molecule has 8 heteroatoms. The number of fused-ring (bicyclic) bond motifs is 1. The SMILES string of the molecule is Cc1ccc(CCNC(=O)c2ccc(Sc3ccc(N)cc3)c(Nc3ncnc4nc(C(C)C)ccc34)c2)cc1. The lowest BCUT2D eigenvalue weighted by Crippen LogP contribution is -2.25. The lowest BCUT2D eigenvalue weighted by molar-refractivity contribution is 0.0954. The summed E-state index contributed by atoms with van der Waals surface area (Å²) in [7, 11) is 0. The Hall–Kier alpha value is -4.43. The highest BCUT2D eigenvalue weighted by Gasteiger charge is 2.14. The van der Waals surface area contributed by atoms with Gasteiger partial charge in [-0.3, -0.25) is 4.79 Å². The molecule has 0 aliphatic heterocycles. The zero-order chi connectivity index (χ0) is 28.1. The Balaban J connectivity index is 1.42. The molecule has 0 aliphatic carbocycles. The first-order valence-electron chi connectivity index (χ1n) is 13.3. The number of hydrogen-bond acceptors (Lipinski definition) is 7. The Bertz CT molecular complexity index is 1630. The van der Waals surface area contributed by atoms with Gasteiger partial charge in [0, 0.05) is 33.3 Å². The number of carbonyl (C=O) groups excluding carboxylic acids is 1. The van der Waals surface area contributed by atoms with Gasteiger partial charge in [-0.15, -0.1) is 0 Å². The first-order chi connectivity index (χ1) is 19.4. The average molecular weight is 549 g/mol. The van der Waals surface area contributed by atoms with E-state index in [-0.39, 0.29) is 5.91 Å². The number of pyridine rings is 1. The monoisotopic (exact) mass is 548 g/mol. The van der Waals surface area contributed by atoms with Crippen molar-refractivity contribution >= 4 is 45.9 Å². The molecule has 4 N–H and O–H groups in total. The molecule has 0 spiro atoms. The molecule has 5 aromatic rings. The van der Waals surface area contributed by atoms with E-state index in [2.05, 4.69) is 65.6 Å². The maximum Gasteiger partial charge on any atom is 0.251 e. The van der Waals surface area contributed by atoms with Crippen molar-refractivity contribution in [3.05, 3.63) is 108 Å². The van der Waals surface area contributed by atoms with Gasteiger partial charge in [0.2, 0.25) is 0 Å². The molecule has 0 saturated heterocycles. The van der Waals surface area contributed by atoms with Crippen molar-refractivity contribution in [1.29, 1.82) is 0 Å². The molecule has 5 rings (SSSR count). The summed E-state index contributed by atoms with van der Waals surface area (Å²) < 4.78 is 0. The number of carbonyl (C=O) groups is 1. The predicted octanol–water partition coefficient (Wildman–Crippen LogP) is 6.91. The third-order valence-electron chi connectivity index (χ3n) is 6.53. The third-order valence-corrected chi connectivity index (χ3v) is 7.62. The standard InChI is InChI=1S/C32H32N6OS/c1-20(2)27-14-13-26-30(37-27)35-19-36-31(26)38-28-18-23(8-15-29(28)40-25-11-9-24(33)10-12-25)32(39)34-17-16-22-6-4-21(3)5-7-22/h4-15,18-20H,16-17,33H2,1-3H3,(H,34,39)(H,35,36,37,38). The highest BCUT2D eigenvalue weighted by Crippen LogP contribution is 2.36. The number of aryl methyl sites for hydroxylation is 1. The molecule has 0 bridgehead atoms. The van der Waals surface area contributed by atoms with E-state index in [4.69, 9.17) is 10.7 Å². The fourth-order valence-electron chi connectivity index (χ4n) is 4.20. The molecule has 2 heterocycles. The second kappa shape index (κ2) is 12.2. The molecular formula is C32H32N6OS. The van der Waals surface area contributed by atoms with Gasteiger partial charge in [-0.05, 0) is 79.4 Å². The van der Waals surface area contributed by atoms with Crippen molar-refractivity contribution in [2.75, 3.05) is 17.6 Å². The van der Waals surface area contributed by atoms with E-state index in [0.29, 0.717) is 35.2 Å². The Morgan fingerprint density at radius 3 is 2.48 bits per heavy atom. The van der Waals surface area contributed by atoms with Crippen molar-refractivity contribution in [3.63, 3.8) is 0 Å². The minimum absolute atomic E-state index is 0.130. The molecule has 0 atom stereocenters. The fourth-order valence-corrected chi connectivity index (χ4v) is 5.09. The quantitative estimate of drug-likeness (QED) is 0.172. The maximum atomic E-state index is 13.1. The molecule has 0 unspecified atom stereocenters. The zero-order valence-electron chi connectivity index (χ0n) is 22.8. The lowest BCUT2D eigenvalue weighted by atomic mass is 10.1. The van der Waals surface area contributed by atoms with Crippen LogP contribution in [0.15, 0.2) is 95.0 Å². The Labute approximate surface area is 238 Å². The minimum Gasteiger partial charge on any atom is -0.399 e. The second-order valence-corrected chi connectivity index (χ2v) is 11.1. The van der Waals surface area contributed by atoms with Gasteiger partial charge in [0.05, 0.1) is 11.1 Å². The zero-order valence-corrected chi connectivity index (χ0v) is 23.6. The molecule has 1 amide bonds. The van der Waals surface area contributed by atoms with Gasteiger partial charge in [-0.1, -0.05) is 55.4 Å². The number of hydrogen-bond donors (Lipinski definition) is 3. The van der Waals surface area contributed by atoms with Gasteiger partial charge in [-0.2, -0.15) is 0 Å². The Morgan fingerprint density at radius 2 is 1.73 bits per heavy atom. The van der Waals surface area contributed by atoms with E-state index in [1.54, 1.807) is 11.8 Å². The van der Waals surface area contributed by atoms with Crippen LogP contribution in [0.2, 0.25) is 0 Å². The van der Waals surface area contributed by atoms with E-state index in [1.165, 1.54) is 17.5 Å². The summed E-state index contributed by atoms with van der Waals surface area (Å²) in [5.74, 6) is 0.791. The number of nitrogens with two attached hydrogens (primary N) is 1. The summed E-state index contributed by atoms with van der Waals surface area (Å²) >= 11 is 1.58. The van der Waals surface area contributed by atoms with E-state index >= 15 is 0 Å². The number of benzene rings is 3. The first-order valence-corrected chi connectivity index (χ1v) is 14.1. The van der Waals surface area contributed by atoms with Gasteiger partial charge >= 0.3 is 0 Å². The second-order valence-electron chi connectivity index (χ2n) is 9.98. The number of nitrogen functional groups attached to an aromatic ring is 1. The summed E-state index contributed by atoms with van der Waals surface area (Å²) in [4.78, 5) is 28.7. The molecule has 0 saturated carbocycles. The normalized spacial score (nSPS) is 11.1. The van der Waals surface area contributed by atoms with E-state index in [0.717, 1.165) is 33.0 Å². The predicted molar refractivity (Wildman–Crippen MR) is 163 cm³/mol. The maximum absolute atomic E-state index is 13.1. The van der Waals surface area contributed by atoms with Crippen molar-refractivity contribution in [3.8, 4) is 0 Å². The molecule has 202 valence electrons. The number of anilines is 3. The Morgan fingerprint density at radius 1 is 0.950 bits per heavy atom. The third kappa shape index (κ3) is 6.58. The van der Waals surface area contributed by atoms with Gasteiger partial charge < -0.3 is 16.4 Å². The summed E-state index contributed by atoms with van der Waals surface area (Å²) in [6, 6.07) is 25.7. The van der Waals surface area contributed by atoms with Crippen molar-refractivity contribution in [2.24, 2.45) is 0 Å². The molecule has 3 aromatic carbocycles. The van der Waals surface area contributed by atoms with Crippen LogP contribution in [0, 0.1) is 6.92 Å². The Kier molecular flexibility index (Phi) is 8.26. The highest BCUT2D eigenvalue weighted by molar-refractivity contribution is 7.99. The van der Waals surface area contributed by atoms with E-state index < -0.39 is 0 Å². The van der Waals surface area contributed by atoms with Crippen molar-refractivity contribution < 1.29 is 4.79 Å². The highest BCUT2D eigenvalue weighted by atomic mass is 32.2. The van der Waals surface area contributed by atoms with Gasteiger partial charge in [0.1, 0.15) is 12.1 Å². The topological polar surface area (TPSA) is 106 Å². The number of rotatable bonds is 9. The summed E-state index contributed by atoms with van der Waals surface area (Å²) in [6.45, 7) is 6.82.